The van der Waals surface area contributed by atoms with Gasteiger partial charge in [-0.25, -0.2) is 9.37 Å². The summed E-state index contributed by atoms with van der Waals surface area (Å²) in [4.78, 5) is 16.3. The summed E-state index contributed by atoms with van der Waals surface area (Å²) in [5, 5.41) is 3.49. The highest BCUT2D eigenvalue weighted by Crippen LogP contribution is 2.24. The van der Waals surface area contributed by atoms with Gasteiger partial charge in [0.15, 0.2) is 0 Å². The number of aromatic nitrogens is 1. The Morgan fingerprint density at radius 1 is 1.27 bits per heavy atom. The van der Waals surface area contributed by atoms with Crippen LogP contribution < -0.4 is 5.32 Å². The van der Waals surface area contributed by atoms with E-state index in [0.29, 0.717) is 5.69 Å². The van der Waals surface area contributed by atoms with Crippen molar-refractivity contribution >= 4 is 50.8 Å². The smallest absolute Gasteiger partial charge is 0.248 e. The lowest BCUT2D eigenvalue weighted by atomic mass is 10.3. The number of amides is 1. The minimum atomic E-state index is -0.451. The summed E-state index contributed by atoms with van der Waals surface area (Å²) in [6, 6.07) is 11.6. The van der Waals surface area contributed by atoms with Gasteiger partial charge in [-0.15, -0.1) is 11.3 Å². The first-order valence-electron chi connectivity index (χ1n) is 6.41. The first-order chi connectivity index (χ1) is 10.6. The van der Waals surface area contributed by atoms with E-state index < -0.39 is 5.82 Å². The molecular weight excluding hydrogens is 323 g/mol. The molecule has 3 aromatic rings. The Labute approximate surface area is 135 Å². The average molecular weight is 333 g/mol. The van der Waals surface area contributed by atoms with E-state index in [1.165, 1.54) is 29.5 Å². The van der Waals surface area contributed by atoms with Gasteiger partial charge >= 0.3 is 0 Å². The van der Waals surface area contributed by atoms with Gasteiger partial charge in [-0.1, -0.05) is 23.7 Å². The molecule has 0 saturated heterocycles. The monoisotopic (exact) mass is 332 g/mol. The maximum Gasteiger partial charge on any atom is 0.248 e. The summed E-state index contributed by atoms with van der Waals surface area (Å²) in [7, 11) is 0. The van der Waals surface area contributed by atoms with Crippen molar-refractivity contribution in [2.24, 2.45) is 0 Å². The van der Waals surface area contributed by atoms with E-state index in [-0.39, 0.29) is 10.9 Å². The van der Waals surface area contributed by atoms with Gasteiger partial charge in [-0.2, -0.15) is 0 Å². The Kier molecular flexibility index (Phi) is 4.18. The third-order valence-electron chi connectivity index (χ3n) is 2.88. The zero-order valence-corrected chi connectivity index (χ0v) is 12.8. The minimum Gasteiger partial charge on any atom is -0.321 e. The van der Waals surface area contributed by atoms with Gasteiger partial charge in [0, 0.05) is 6.08 Å². The number of hydrogen-bond donors (Lipinski definition) is 1. The molecule has 22 heavy (non-hydrogen) atoms. The molecule has 0 atom stereocenters. The van der Waals surface area contributed by atoms with Crippen molar-refractivity contribution in [1.29, 1.82) is 0 Å². The van der Waals surface area contributed by atoms with E-state index in [1.54, 1.807) is 6.08 Å². The van der Waals surface area contributed by atoms with Gasteiger partial charge in [0.1, 0.15) is 10.8 Å². The van der Waals surface area contributed by atoms with Crippen molar-refractivity contribution in [1.82, 2.24) is 4.98 Å². The zero-order valence-electron chi connectivity index (χ0n) is 11.2. The van der Waals surface area contributed by atoms with Crippen molar-refractivity contribution in [3.63, 3.8) is 0 Å². The normalized spacial score (nSPS) is 11.2. The van der Waals surface area contributed by atoms with Crippen molar-refractivity contribution in [3.8, 4) is 0 Å². The molecule has 3 nitrogen and oxygen atoms in total. The number of benzene rings is 2. The van der Waals surface area contributed by atoms with Crippen LogP contribution in [0.5, 0.6) is 0 Å². The summed E-state index contributed by atoms with van der Waals surface area (Å²) in [6.07, 6.45) is 3.01. The fourth-order valence-corrected chi connectivity index (χ4v) is 2.96. The van der Waals surface area contributed by atoms with Crippen molar-refractivity contribution in [3.05, 3.63) is 64.4 Å². The van der Waals surface area contributed by atoms with Gasteiger partial charge in [0.25, 0.3) is 0 Å². The lowest BCUT2D eigenvalue weighted by Gasteiger charge is -2.04. The molecule has 0 unspecified atom stereocenters. The largest absolute Gasteiger partial charge is 0.321 e. The number of fused-ring (bicyclic) bond motifs is 1. The molecule has 0 aliphatic heterocycles. The number of nitrogens with one attached hydrogen (secondary N) is 1. The Hall–Kier alpha value is -2.24. The molecule has 0 spiro atoms. The lowest BCUT2D eigenvalue weighted by molar-refractivity contribution is -0.111. The highest BCUT2D eigenvalue weighted by atomic mass is 35.5. The standard InChI is InChI=1S/C16H10ClFN2OS/c17-11-9-10(18)5-6-12(11)19-15(21)7-8-16-20-13-3-1-2-4-14(13)22-16/h1-9H,(H,19,21)/b8-7+. The quantitative estimate of drug-likeness (QED) is 0.704. The number of nitrogens with zero attached hydrogens (tertiary/aromatic N) is 1. The molecule has 0 saturated carbocycles. The molecule has 0 aliphatic carbocycles. The predicted molar refractivity (Wildman–Crippen MR) is 88.7 cm³/mol. The zero-order chi connectivity index (χ0) is 15.5. The molecule has 1 amide bonds. The van der Waals surface area contributed by atoms with Gasteiger partial charge in [-0.05, 0) is 36.4 Å². The van der Waals surface area contributed by atoms with E-state index in [9.17, 15) is 9.18 Å². The van der Waals surface area contributed by atoms with E-state index in [0.717, 1.165) is 21.3 Å². The molecule has 6 heteroatoms. The van der Waals surface area contributed by atoms with Crippen LogP contribution in [0.4, 0.5) is 10.1 Å². The average Bonchev–Trinajstić information content (AvgIpc) is 2.91. The fourth-order valence-electron chi connectivity index (χ4n) is 1.87. The summed E-state index contributed by atoms with van der Waals surface area (Å²) >= 11 is 7.35. The van der Waals surface area contributed by atoms with Crippen LogP contribution in [0, 0.1) is 5.82 Å². The third-order valence-corrected chi connectivity index (χ3v) is 4.19. The number of para-hydroxylation sites is 1. The van der Waals surface area contributed by atoms with E-state index in [1.807, 2.05) is 24.3 Å². The van der Waals surface area contributed by atoms with Crippen molar-refractivity contribution in [2.75, 3.05) is 5.32 Å². The Morgan fingerprint density at radius 2 is 2.09 bits per heavy atom. The maximum atomic E-state index is 12.9. The first kappa shape index (κ1) is 14.7. The van der Waals surface area contributed by atoms with E-state index >= 15 is 0 Å². The molecule has 110 valence electrons. The van der Waals surface area contributed by atoms with Gasteiger partial charge < -0.3 is 5.32 Å². The Balaban J connectivity index is 1.73. The molecule has 3 rings (SSSR count). The number of rotatable bonds is 3. The molecule has 0 bridgehead atoms. The number of carbonyl (C=O) groups is 1. The first-order valence-corrected chi connectivity index (χ1v) is 7.61. The highest BCUT2D eigenvalue weighted by molar-refractivity contribution is 7.19. The summed E-state index contributed by atoms with van der Waals surface area (Å²) < 4.78 is 14.0. The van der Waals surface area contributed by atoms with Crippen LogP contribution in [0.3, 0.4) is 0 Å². The SMILES string of the molecule is O=C(/C=C/c1nc2ccccc2s1)Nc1ccc(F)cc1Cl. The topological polar surface area (TPSA) is 42.0 Å². The molecule has 0 aliphatic rings. The second-order valence-corrected chi connectivity index (χ2v) is 5.94. The van der Waals surface area contributed by atoms with Crippen molar-refractivity contribution in [2.45, 2.75) is 0 Å². The highest BCUT2D eigenvalue weighted by Gasteiger charge is 2.05. The molecule has 1 aromatic heterocycles. The molecule has 0 fully saturated rings. The Bertz CT molecular complexity index is 842. The van der Waals surface area contributed by atoms with Crippen LogP contribution in [0.1, 0.15) is 5.01 Å². The van der Waals surface area contributed by atoms with E-state index in [2.05, 4.69) is 10.3 Å². The molecular formula is C16H10ClFN2OS. The van der Waals surface area contributed by atoms with E-state index in [4.69, 9.17) is 11.6 Å². The lowest BCUT2D eigenvalue weighted by Crippen LogP contribution is -2.08. The number of carbonyl (C=O) groups excluding carboxylic acids is 1. The number of halogens is 2. The van der Waals surface area contributed by atoms with Crippen LogP contribution in [0.25, 0.3) is 16.3 Å². The fraction of sp³-hybridized carbons (Fsp3) is 0. The summed E-state index contributed by atoms with van der Waals surface area (Å²) in [5.41, 5.74) is 1.26. The minimum absolute atomic E-state index is 0.154. The van der Waals surface area contributed by atoms with Crippen LogP contribution in [0.15, 0.2) is 48.5 Å². The van der Waals surface area contributed by atoms with Crippen molar-refractivity contribution < 1.29 is 9.18 Å². The second-order valence-electron chi connectivity index (χ2n) is 4.47. The van der Waals surface area contributed by atoms with Gasteiger partial charge in [0.2, 0.25) is 5.91 Å². The maximum absolute atomic E-state index is 12.9. The van der Waals surface area contributed by atoms with Crippen LogP contribution >= 0.6 is 22.9 Å². The molecule has 1 N–H and O–H groups in total. The van der Waals surface area contributed by atoms with Crippen LogP contribution in [-0.2, 0) is 4.79 Å². The Morgan fingerprint density at radius 3 is 2.86 bits per heavy atom. The molecule has 2 aromatic carbocycles. The van der Waals surface area contributed by atoms with Crippen LogP contribution in [0.2, 0.25) is 5.02 Å². The molecule has 0 radical (unpaired) electrons. The van der Waals surface area contributed by atoms with Crippen LogP contribution in [-0.4, -0.2) is 10.9 Å². The second kappa shape index (κ2) is 6.25. The van der Waals surface area contributed by atoms with Gasteiger partial charge in [0.05, 0.1) is 20.9 Å². The summed E-state index contributed by atoms with van der Waals surface area (Å²) in [5.74, 6) is -0.805. The van der Waals surface area contributed by atoms with Gasteiger partial charge in [-0.3, -0.25) is 4.79 Å². The number of thiazole rings is 1. The summed E-state index contributed by atoms with van der Waals surface area (Å²) in [6.45, 7) is 0. The molecule has 1 heterocycles. The third kappa shape index (κ3) is 3.32. The predicted octanol–water partition coefficient (Wildman–Crippen LogP) is 4.74. The number of hydrogen-bond acceptors (Lipinski definition) is 3. The number of anilines is 1.